The van der Waals surface area contributed by atoms with Crippen molar-refractivity contribution in [2.75, 3.05) is 0 Å². The number of hydrogen-bond acceptors (Lipinski definition) is 2. The van der Waals surface area contributed by atoms with Crippen molar-refractivity contribution >= 4 is 11.9 Å². The van der Waals surface area contributed by atoms with Crippen molar-refractivity contribution in [1.82, 2.24) is 0 Å². The molecule has 0 saturated heterocycles. The quantitative estimate of drug-likeness (QED) is 0.536. The van der Waals surface area contributed by atoms with Crippen LogP contribution in [-0.4, -0.2) is 22.2 Å². The van der Waals surface area contributed by atoms with E-state index in [1.54, 1.807) is 0 Å². The fraction of sp³-hybridized carbons (Fsp3) is 0.474. The van der Waals surface area contributed by atoms with E-state index in [-0.39, 0.29) is 21.7 Å². The van der Waals surface area contributed by atoms with Crippen molar-refractivity contribution in [3.05, 3.63) is 47.6 Å². The Labute approximate surface area is 159 Å². The Hall–Kier alpha value is -1.39. The predicted octanol–water partition coefficient (Wildman–Crippen LogP) is 4.50. The first kappa shape index (κ1) is 24.9. The topological polar surface area (TPSA) is 74.6 Å². The van der Waals surface area contributed by atoms with Crippen LogP contribution >= 0.6 is 0 Å². The summed E-state index contributed by atoms with van der Waals surface area (Å²) in [6, 6.07) is 0. The van der Waals surface area contributed by atoms with E-state index < -0.39 is 11.9 Å². The van der Waals surface area contributed by atoms with Crippen LogP contribution in [0.4, 0.5) is 0 Å². The Morgan fingerprint density at radius 3 is 1.46 bits per heavy atom. The van der Waals surface area contributed by atoms with E-state index in [0.717, 1.165) is 32.1 Å². The van der Waals surface area contributed by atoms with E-state index in [1.807, 2.05) is 13.8 Å². The molecule has 0 radical (unpaired) electrons. The number of carboxylic acids is 2. The van der Waals surface area contributed by atoms with Crippen LogP contribution in [0.15, 0.2) is 35.5 Å². The molecule has 2 rings (SSSR count). The molecular formula is C19H26O4Ti. The third-order valence-corrected chi connectivity index (χ3v) is 2.84. The second-order valence-corrected chi connectivity index (χ2v) is 5.08. The molecule has 0 unspecified atom stereocenters. The molecule has 2 N–H and O–H groups in total. The molecule has 0 aliphatic heterocycles. The molecule has 0 heterocycles. The van der Waals surface area contributed by atoms with Crippen molar-refractivity contribution < 1.29 is 41.5 Å². The average molecular weight is 366 g/mol. The summed E-state index contributed by atoms with van der Waals surface area (Å²) in [5.74, 6) is -1.42. The Morgan fingerprint density at radius 2 is 1.29 bits per heavy atom. The number of carbonyl (C=O) groups is 2. The van der Waals surface area contributed by atoms with Gasteiger partial charge in [-0.05, 0) is 12.8 Å². The second kappa shape index (κ2) is 16.5. The Balaban J connectivity index is 0. The fourth-order valence-electron chi connectivity index (χ4n) is 1.78. The molecule has 0 amide bonds. The van der Waals surface area contributed by atoms with Gasteiger partial charge in [-0.1, -0.05) is 20.3 Å². The molecule has 0 fully saturated rings. The molecule has 0 atom stereocenters. The molecule has 2 aliphatic carbocycles. The fourth-order valence-corrected chi connectivity index (χ4v) is 1.78. The molecule has 130 valence electrons. The van der Waals surface area contributed by atoms with Crippen LogP contribution < -0.4 is 0 Å². The molecule has 0 aromatic carbocycles. The molecule has 0 spiro atoms. The predicted molar refractivity (Wildman–Crippen MR) is 90.7 cm³/mol. The van der Waals surface area contributed by atoms with Gasteiger partial charge in [0.05, 0.1) is 0 Å². The molecule has 4 nitrogen and oxygen atoms in total. The zero-order valence-electron chi connectivity index (χ0n) is 14.5. The van der Waals surface area contributed by atoms with E-state index in [0.29, 0.717) is 12.8 Å². The summed E-state index contributed by atoms with van der Waals surface area (Å²) in [4.78, 5) is 19.2. The third kappa shape index (κ3) is 15.5. The summed E-state index contributed by atoms with van der Waals surface area (Å²) >= 11 is 0. The first-order valence-corrected chi connectivity index (χ1v) is 7.95. The molecular weight excluding hydrogens is 340 g/mol. The van der Waals surface area contributed by atoms with Gasteiger partial charge in [-0.2, -0.15) is 12.2 Å². The molecule has 0 aromatic rings. The molecule has 2 aliphatic rings. The molecule has 0 aromatic heterocycles. The van der Waals surface area contributed by atoms with E-state index in [4.69, 9.17) is 10.2 Å². The van der Waals surface area contributed by atoms with Gasteiger partial charge in [0, 0.05) is 12.8 Å². The molecule has 0 saturated carbocycles. The Morgan fingerprint density at radius 1 is 0.917 bits per heavy atom. The van der Waals surface area contributed by atoms with Crippen LogP contribution in [0.25, 0.3) is 0 Å². The summed E-state index contributed by atoms with van der Waals surface area (Å²) in [6.45, 7) is 3.68. The number of hydrogen-bond donors (Lipinski definition) is 2. The maximum atomic E-state index is 9.60. The van der Waals surface area contributed by atoms with E-state index in [2.05, 4.69) is 36.5 Å². The molecule has 5 heteroatoms. The van der Waals surface area contributed by atoms with Crippen LogP contribution in [0.2, 0.25) is 0 Å². The minimum atomic E-state index is -0.711. The maximum absolute atomic E-state index is 9.60. The maximum Gasteiger partial charge on any atom is 2.00 e. The molecule has 24 heavy (non-hydrogen) atoms. The summed E-state index contributed by atoms with van der Waals surface area (Å²) in [5.41, 5.74) is 2.64. The third-order valence-electron chi connectivity index (χ3n) is 2.84. The minimum Gasteiger partial charge on any atom is -0.481 e. The number of carboxylic acid groups (broad SMARTS) is 2. The van der Waals surface area contributed by atoms with E-state index >= 15 is 0 Å². The number of rotatable bonds is 6. The number of aliphatic carboxylic acids is 2. The number of allylic oxidation sites excluding steroid dienone is 8. The van der Waals surface area contributed by atoms with Crippen molar-refractivity contribution in [1.29, 1.82) is 0 Å². The average Bonchev–Trinajstić information content (AvgIpc) is 3.14. The summed E-state index contributed by atoms with van der Waals surface area (Å²) in [5, 5.41) is 15.8. The van der Waals surface area contributed by atoms with Crippen molar-refractivity contribution in [2.45, 2.75) is 58.8 Å². The van der Waals surface area contributed by atoms with Gasteiger partial charge in [-0.3, -0.25) is 21.7 Å². The smallest absolute Gasteiger partial charge is 0.481 e. The van der Waals surface area contributed by atoms with Crippen LogP contribution in [0, 0.1) is 12.2 Å². The monoisotopic (exact) mass is 366 g/mol. The van der Waals surface area contributed by atoms with Crippen LogP contribution in [0.3, 0.4) is 0 Å². The van der Waals surface area contributed by atoms with Crippen molar-refractivity contribution in [3.63, 3.8) is 0 Å². The van der Waals surface area contributed by atoms with E-state index in [9.17, 15) is 9.59 Å². The SMILES string of the molecule is CCCC(=O)O.CCCC(=O)O.[C-]1=C(CC2=[C-]CC=C2)C=CC1.[Ti+2]. The van der Waals surface area contributed by atoms with Crippen LogP contribution in [0.1, 0.15) is 58.8 Å². The molecule has 0 bridgehead atoms. The zero-order chi connectivity index (χ0) is 17.5. The minimum absolute atomic E-state index is 0. The standard InChI is InChI=1S/C11H10.2C4H8O2.Ti/c1-2-6-10(5-1)9-11-7-3-4-8-11;2*1-2-3-4(5)6;/h1,3,5,7H,2,4,9H2;2*2-3H2,1H3,(H,5,6);/q-2;;;+2. The van der Waals surface area contributed by atoms with Crippen molar-refractivity contribution in [3.8, 4) is 0 Å². The van der Waals surface area contributed by atoms with Crippen LogP contribution in [0.5, 0.6) is 0 Å². The summed E-state index contributed by atoms with van der Waals surface area (Å²) < 4.78 is 0. The first-order chi connectivity index (χ1) is 11.0. The zero-order valence-corrected chi connectivity index (χ0v) is 16.0. The first-order valence-electron chi connectivity index (χ1n) is 7.95. The van der Waals surface area contributed by atoms with Gasteiger partial charge in [0.25, 0.3) is 0 Å². The van der Waals surface area contributed by atoms with Crippen LogP contribution in [-0.2, 0) is 31.3 Å². The van der Waals surface area contributed by atoms with Gasteiger partial charge in [0.15, 0.2) is 0 Å². The Bertz CT molecular complexity index is 444. The second-order valence-electron chi connectivity index (χ2n) is 5.08. The Kier molecular flexibility index (Phi) is 17.1. The van der Waals surface area contributed by atoms with Gasteiger partial charge in [0.2, 0.25) is 0 Å². The summed E-state index contributed by atoms with van der Waals surface area (Å²) in [7, 11) is 0. The van der Waals surface area contributed by atoms with Gasteiger partial charge < -0.3 is 10.2 Å². The van der Waals surface area contributed by atoms with Crippen molar-refractivity contribution in [2.24, 2.45) is 0 Å². The van der Waals surface area contributed by atoms with Gasteiger partial charge in [-0.25, -0.2) is 23.3 Å². The van der Waals surface area contributed by atoms with E-state index in [1.165, 1.54) is 11.1 Å². The van der Waals surface area contributed by atoms with Gasteiger partial charge in [0.1, 0.15) is 0 Å². The summed E-state index contributed by atoms with van der Waals surface area (Å²) in [6.07, 6.45) is 20.2. The largest absolute Gasteiger partial charge is 2.00 e. The normalized spacial score (nSPS) is 13.6. The van der Waals surface area contributed by atoms with Gasteiger partial charge in [-0.15, -0.1) is 12.8 Å². The van der Waals surface area contributed by atoms with Gasteiger partial charge >= 0.3 is 33.7 Å².